The first-order valence-corrected chi connectivity index (χ1v) is 12.7. The van der Waals surface area contributed by atoms with Gasteiger partial charge in [0.05, 0.1) is 17.7 Å². The molecule has 0 fully saturated rings. The summed E-state index contributed by atoms with van der Waals surface area (Å²) in [5, 5.41) is 0. The smallest absolute Gasteiger partial charge is 0.251 e. The van der Waals surface area contributed by atoms with Crippen molar-refractivity contribution >= 4 is 23.3 Å². The Bertz CT molecular complexity index is 806. The number of nitrogens with zero attached hydrogens (tertiary/aromatic N) is 2. The number of unbranched alkanes of at least 4 members (excludes halogenated alkanes) is 1. The van der Waals surface area contributed by atoms with Crippen molar-refractivity contribution < 1.29 is 19.1 Å². The zero-order valence-electron chi connectivity index (χ0n) is 22.2. The summed E-state index contributed by atoms with van der Waals surface area (Å²) in [5.41, 5.74) is 0.645. The van der Waals surface area contributed by atoms with E-state index in [0.29, 0.717) is 36.9 Å². The highest BCUT2D eigenvalue weighted by atomic mass is 16.5. The van der Waals surface area contributed by atoms with E-state index in [0.717, 1.165) is 25.7 Å². The Morgan fingerprint density at radius 3 is 2.24 bits per heavy atom. The molecule has 0 bridgehead atoms. The molecule has 0 saturated heterocycles. The van der Waals surface area contributed by atoms with Gasteiger partial charge in [-0.25, -0.2) is 4.99 Å². The SMILES string of the molecule is CCCCN(C[C@H](OC)[C@@H](C)C(=O)N=C(C)C(=O)c1ccccc1)C(=O)CC[C@@H](C)[C@@H](C)CC. The lowest BCUT2D eigenvalue weighted by atomic mass is 9.89. The maximum Gasteiger partial charge on any atom is 0.251 e. The van der Waals surface area contributed by atoms with E-state index in [-0.39, 0.29) is 17.4 Å². The maximum atomic E-state index is 13.0. The van der Waals surface area contributed by atoms with E-state index >= 15 is 0 Å². The van der Waals surface area contributed by atoms with Crippen LogP contribution in [0.2, 0.25) is 0 Å². The van der Waals surface area contributed by atoms with Crippen molar-refractivity contribution in [3.05, 3.63) is 35.9 Å². The summed E-state index contributed by atoms with van der Waals surface area (Å²) in [7, 11) is 1.55. The Morgan fingerprint density at radius 2 is 1.68 bits per heavy atom. The molecule has 0 aliphatic rings. The Kier molecular flexibility index (Phi) is 13.6. The largest absolute Gasteiger partial charge is 0.379 e. The van der Waals surface area contributed by atoms with Crippen LogP contribution in [0.25, 0.3) is 0 Å². The third-order valence-electron chi connectivity index (χ3n) is 6.86. The first-order chi connectivity index (χ1) is 16.2. The molecule has 0 aliphatic carbocycles. The van der Waals surface area contributed by atoms with Crippen LogP contribution < -0.4 is 0 Å². The van der Waals surface area contributed by atoms with Crippen LogP contribution >= 0.6 is 0 Å². The van der Waals surface area contributed by atoms with Crippen LogP contribution in [0.15, 0.2) is 35.3 Å². The van der Waals surface area contributed by atoms with Crippen LogP contribution in [-0.4, -0.2) is 54.5 Å². The number of methoxy groups -OCH3 is 1. The van der Waals surface area contributed by atoms with Crippen LogP contribution in [0.3, 0.4) is 0 Å². The molecule has 0 heterocycles. The first kappa shape index (κ1) is 29.7. The zero-order chi connectivity index (χ0) is 25.7. The number of ketones is 1. The Balaban J connectivity index is 2.87. The monoisotopic (exact) mass is 472 g/mol. The highest BCUT2D eigenvalue weighted by Gasteiger charge is 2.28. The Labute approximate surface area is 206 Å². The molecule has 0 N–H and O–H groups in total. The van der Waals surface area contributed by atoms with E-state index in [4.69, 9.17) is 4.74 Å². The van der Waals surface area contributed by atoms with Crippen LogP contribution in [0, 0.1) is 17.8 Å². The molecule has 6 nitrogen and oxygen atoms in total. The number of carbonyl (C=O) groups is 3. The quantitative estimate of drug-likeness (QED) is 0.246. The minimum atomic E-state index is -0.584. The summed E-state index contributed by atoms with van der Waals surface area (Å²) in [5.74, 6) is -0.0999. The number of ether oxygens (including phenoxy) is 1. The number of carbonyl (C=O) groups excluding carboxylic acids is 3. The molecule has 1 aromatic rings. The summed E-state index contributed by atoms with van der Waals surface area (Å²) in [6.07, 6.45) is 3.83. The summed E-state index contributed by atoms with van der Waals surface area (Å²) in [6, 6.07) is 8.78. The zero-order valence-corrected chi connectivity index (χ0v) is 22.2. The number of benzene rings is 1. The molecular weight excluding hydrogens is 428 g/mol. The standard InChI is InChI=1S/C28H44N2O4/c1-8-10-18-30(26(31)17-16-21(4)20(3)9-2)19-25(34-7)22(5)28(33)29-23(6)27(32)24-14-12-11-13-15-24/h11-15,20-22,25H,8-10,16-19H2,1-7H3/t20-,21+,22+,25-/m0/s1. The number of hydrogen-bond donors (Lipinski definition) is 0. The van der Waals surface area contributed by atoms with Gasteiger partial charge in [0.2, 0.25) is 11.7 Å². The second-order valence-corrected chi connectivity index (χ2v) is 9.39. The molecule has 34 heavy (non-hydrogen) atoms. The molecule has 1 aromatic carbocycles. The number of aliphatic imine (C=N–C) groups is 1. The van der Waals surface area contributed by atoms with E-state index in [1.807, 2.05) is 11.0 Å². The van der Waals surface area contributed by atoms with E-state index in [1.54, 1.807) is 45.2 Å². The molecule has 2 amide bonds. The van der Waals surface area contributed by atoms with Gasteiger partial charge in [-0.15, -0.1) is 0 Å². The maximum absolute atomic E-state index is 13.0. The van der Waals surface area contributed by atoms with Gasteiger partial charge in [-0.2, -0.15) is 0 Å². The van der Waals surface area contributed by atoms with Gasteiger partial charge in [0, 0.05) is 32.2 Å². The topological polar surface area (TPSA) is 76.0 Å². The van der Waals surface area contributed by atoms with Crippen molar-refractivity contribution in [3.63, 3.8) is 0 Å². The minimum absolute atomic E-state index is 0.101. The average Bonchev–Trinajstić information content (AvgIpc) is 2.86. The Hall–Kier alpha value is -2.34. The van der Waals surface area contributed by atoms with Crippen LogP contribution in [0.1, 0.15) is 84.0 Å². The average molecular weight is 473 g/mol. The fourth-order valence-corrected chi connectivity index (χ4v) is 3.79. The van der Waals surface area contributed by atoms with Crippen molar-refractivity contribution in [2.24, 2.45) is 22.7 Å². The fourth-order valence-electron chi connectivity index (χ4n) is 3.79. The summed E-state index contributed by atoms with van der Waals surface area (Å²) in [4.78, 5) is 44.4. The summed E-state index contributed by atoms with van der Waals surface area (Å²) < 4.78 is 5.63. The molecule has 6 heteroatoms. The lowest BCUT2D eigenvalue weighted by Crippen LogP contribution is -2.43. The first-order valence-electron chi connectivity index (χ1n) is 12.7. The second kappa shape index (κ2) is 15.5. The molecule has 0 saturated carbocycles. The van der Waals surface area contributed by atoms with E-state index in [1.165, 1.54) is 0 Å². The van der Waals surface area contributed by atoms with E-state index < -0.39 is 17.9 Å². The molecule has 0 aliphatic heterocycles. The third-order valence-corrected chi connectivity index (χ3v) is 6.86. The predicted molar refractivity (Wildman–Crippen MR) is 138 cm³/mol. The van der Waals surface area contributed by atoms with Crippen molar-refractivity contribution in [2.45, 2.75) is 79.8 Å². The Morgan fingerprint density at radius 1 is 1.03 bits per heavy atom. The number of amides is 2. The van der Waals surface area contributed by atoms with Gasteiger partial charge in [-0.05, 0) is 31.6 Å². The van der Waals surface area contributed by atoms with Gasteiger partial charge < -0.3 is 9.64 Å². The van der Waals surface area contributed by atoms with Crippen LogP contribution in [0.5, 0.6) is 0 Å². The van der Waals surface area contributed by atoms with Gasteiger partial charge in [0.1, 0.15) is 0 Å². The lowest BCUT2D eigenvalue weighted by Gasteiger charge is -2.30. The molecule has 0 spiro atoms. The second-order valence-electron chi connectivity index (χ2n) is 9.39. The van der Waals surface area contributed by atoms with Crippen molar-refractivity contribution in [1.29, 1.82) is 0 Å². The molecule has 0 unspecified atom stereocenters. The minimum Gasteiger partial charge on any atom is -0.379 e. The lowest BCUT2D eigenvalue weighted by molar-refractivity contribution is -0.136. The van der Waals surface area contributed by atoms with Crippen LogP contribution in [0.4, 0.5) is 0 Å². The van der Waals surface area contributed by atoms with E-state index in [2.05, 4.69) is 32.7 Å². The van der Waals surface area contributed by atoms with Crippen molar-refractivity contribution in [3.8, 4) is 0 Å². The van der Waals surface area contributed by atoms with Gasteiger partial charge in [0.15, 0.2) is 0 Å². The number of rotatable bonds is 15. The van der Waals surface area contributed by atoms with Crippen molar-refractivity contribution in [2.75, 3.05) is 20.2 Å². The van der Waals surface area contributed by atoms with Gasteiger partial charge >= 0.3 is 0 Å². The third kappa shape index (κ3) is 9.49. The normalized spacial score (nSPS) is 15.3. The van der Waals surface area contributed by atoms with Gasteiger partial charge in [-0.3, -0.25) is 14.4 Å². The highest BCUT2D eigenvalue weighted by Crippen LogP contribution is 2.21. The highest BCUT2D eigenvalue weighted by molar-refractivity contribution is 6.46. The number of hydrogen-bond acceptors (Lipinski definition) is 4. The molecule has 0 radical (unpaired) electrons. The molecule has 190 valence electrons. The predicted octanol–water partition coefficient (Wildman–Crippen LogP) is 5.60. The van der Waals surface area contributed by atoms with Gasteiger partial charge in [0.25, 0.3) is 5.91 Å². The molecule has 1 rings (SSSR count). The fraction of sp³-hybridized carbons (Fsp3) is 0.643. The van der Waals surface area contributed by atoms with Crippen LogP contribution in [-0.2, 0) is 14.3 Å². The summed E-state index contributed by atoms with van der Waals surface area (Å²) in [6.45, 7) is 13.0. The summed E-state index contributed by atoms with van der Waals surface area (Å²) >= 11 is 0. The molecule has 4 atom stereocenters. The molecule has 0 aromatic heterocycles. The van der Waals surface area contributed by atoms with E-state index in [9.17, 15) is 14.4 Å². The van der Waals surface area contributed by atoms with Gasteiger partial charge in [-0.1, -0.05) is 77.8 Å². The molecular formula is C28H44N2O4. The number of Topliss-reactive ketones (excluding diaryl/α,β-unsaturated/α-hetero) is 1. The van der Waals surface area contributed by atoms with Crippen molar-refractivity contribution in [1.82, 2.24) is 4.90 Å².